The molecule has 3 aromatic rings. The lowest BCUT2D eigenvalue weighted by Gasteiger charge is -2.36. The predicted octanol–water partition coefficient (Wildman–Crippen LogP) is 1.38. The second-order valence-corrected chi connectivity index (χ2v) is 9.08. The van der Waals surface area contributed by atoms with Crippen molar-refractivity contribution in [1.29, 1.82) is 0 Å². The number of fused-ring (bicyclic) bond motifs is 1. The number of aldehydes is 1. The molecule has 0 atom stereocenters. The Morgan fingerprint density at radius 3 is 2.65 bits per heavy atom. The first-order valence-corrected chi connectivity index (χ1v) is 12.8. The third-order valence-electron chi connectivity index (χ3n) is 7.03. The number of hydrogen-bond acceptors (Lipinski definition) is 8. The van der Waals surface area contributed by atoms with Crippen molar-refractivity contribution in [3.05, 3.63) is 57.5 Å². The topological polar surface area (TPSA) is 115 Å². The average Bonchev–Trinajstić information content (AvgIpc) is 3.41. The molecule has 0 N–H and O–H groups in total. The summed E-state index contributed by atoms with van der Waals surface area (Å²) >= 11 is 0. The molecule has 3 aromatic heterocycles. The minimum atomic E-state index is -0.266. The average molecular weight is 506 g/mol. The summed E-state index contributed by atoms with van der Waals surface area (Å²) in [5, 5.41) is 4.54. The molecule has 1 fully saturated rings. The van der Waals surface area contributed by atoms with Crippen LogP contribution in [0, 0.1) is 0 Å². The van der Waals surface area contributed by atoms with Crippen LogP contribution < -0.4 is 10.5 Å². The number of aromatic nitrogens is 5. The number of hydrogen-bond donors (Lipinski definition) is 0. The zero-order valence-electron chi connectivity index (χ0n) is 21.2. The Labute approximate surface area is 214 Å². The molecule has 0 bridgehead atoms. The van der Waals surface area contributed by atoms with Crippen molar-refractivity contribution in [2.24, 2.45) is 0 Å². The molecule has 5 heterocycles. The Hall–Kier alpha value is -3.86. The smallest absolute Gasteiger partial charge is 0.299 e. The number of amides is 1. The highest BCUT2D eigenvalue weighted by Crippen LogP contribution is 2.24. The van der Waals surface area contributed by atoms with Crippen LogP contribution in [0.5, 0.6) is 0 Å². The van der Waals surface area contributed by atoms with Crippen LogP contribution in [-0.2, 0) is 28.9 Å². The summed E-state index contributed by atoms with van der Waals surface area (Å²) in [6, 6.07) is 3.77. The maximum Gasteiger partial charge on any atom is 0.299 e. The molecule has 0 aromatic carbocycles. The van der Waals surface area contributed by atoms with Gasteiger partial charge in [-0.2, -0.15) is 9.50 Å². The Balaban J connectivity index is 1.49. The summed E-state index contributed by atoms with van der Waals surface area (Å²) in [6.07, 6.45) is 6.32. The van der Waals surface area contributed by atoms with Crippen LogP contribution in [0.4, 0.5) is 5.69 Å². The fourth-order valence-corrected chi connectivity index (χ4v) is 5.10. The minimum absolute atomic E-state index is 0.0676. The Kier molecular flexibility index (Phi) is 7.13. The van der Waals surface area contributed by atoms with Crippen LogP contribution in [-0.4, -0.2) is 80.6 Å². The fourth-order valence-electron chi connectivity index (χ4n) is 5.10. The summed E-state index contributed by atoms with van der Waals surface area (Å²) in [4.78, 5) is 51.3. The molecule has 0 saturated carbocycles. The molecule has 1 amide bonds. The Morgan fingerprint density at radius 2 is 1.97 bits per heavy atom. The van der Waals surface area contributed by atoms with Gasteiger partial charge in [-0.05, 0) is 36.5 Å². The third kappa shape index (κ3) is 4.55. The number of piperazine rings is 1. The molecule has 194 valence electrons. The molecule has 11 nitrogen and oxygen atoms in total. The number of carbonyl (C=O) groups excluding carboxylic acids is 2. The summed E-state index contributed by atoms with van der Waals surface area (Å²) in [5.74, 6) is 0.750. The van der Waals surface area contributed by atoms with Crippen molar-refractivity contribution >= 4 is 29.2 Å². The van der Waals surface area contributed by atoms with Gasteiger partial charge >= 0.3 is 0 Å². The van der Waals surface area contributed by atoms with Crippen LogP contribution in [0.3, 0.4) is 0 Å². The molecular formula is C26H31N7O4. The van der Waals surface area contributed by atoms with Crippen LogP contribution in [0.15, 0.2) is 29.2 Å². The lowest BCUT2D eigenvalue weighted by Crippen LogP contribution is -2.51. The van der Waals surface area contributed by atoms with Crippen molar-refractivity contribution in [2.45, 2.75) is 39.7 Å². The number of pyridine rings is 1. The van der Waals surface area contributed by atoms with E-state index < -0.39 is 0 Å². The van der Waals surface area contributed by atoms with Crippen molar-refractivity contribution in [3.8, 4) is 0 Å². The standard InChI is InChI=1S/C26H31N7O4/c1-3-18-6-5-9-27-21(18)24(35)31-12-10-30(11-13-31)22-20(4-2)32(14-15-34)26-28-23(29-33(26)25(22)36)19-7-16-37-17-8-19/h5-7,9,15H,3-4,8,10-14,16-17H2,1-2H3. The van der Waals surface area contributed by atoms with Gasteiger partial charge in [0.2, 0.25) is 5.78 Å². The van der Waals surface area contributed by atoms with Crippen LogP contribution in [0.2, 0.25) is 0 Å². The number of rotatable bonds is 7. The van der Waals surface area contributed by atoms with Crippen LogP contribution in [0.25, 0.3) is 11.4 Å². The first-order chi connectivity index (χ1) is 18.1. The van der Waals surface area contributed by atoms with Gasteiger partial charge in [0, 0.05) is 32.4 Å². The van der Waals surface area contributed by atoms with Gasteiger partial charge in [-0.1, -0.05) is 26.0 Å². The van der Waals surface area contributed by atoms with Crippen LogP contribution >= 0.6 is 0 Å². The maximum atomic E-state index is 13.8. The number of carbonyl (C=O) groups is 2. The van der Waals surface area contributed by atoms with E-state index in [2.05, 4.69) is 15.1 Å². The van der Waals surface area contributed by atoms with Gasteiger partial charge < -0.3 is 23.9 Å². The monoisotopic (exact) mass is 505 g/mol. The van der Waals surface area contributed by atoms with Gasteiger partial charge in [-0.3, -0.25) is 14.6 Å². The lowest BCUT2D eigenvalue weighted by atomic mass is 10.1. The molecule has 2 aliphatic heterocycles. The van der Waals surface area contributed by atoms with E-state index in [0.29, 0.717) is 75.2 Å². The van der Waals surface area contributed by atoms with Crippen molar-refractivity contribution in [2.75, 3.05) is 44.3 Å². The van der Waals surface area contributed by atoms with Gasteiger partial charge in [0.15, 0.2) is 5.82 Å². The molecular weight excluding hydrogens is 474 g/mol. The SMILES string of the molecule is CCc1cccnc1C(=O)N1CCN(c2c(CC)n(CC=O)c3nc(C4=CCOCC4)nn3c2=O)CC1. The highest BCUT2D eigenvalue weighted by molar-refractivity contribution is 5.94. The maximum absolute atomic E-state index is 13.8. The molecule has 0 aliphatic carbocycles. The van der Waals surface area contributed by atoms with E-state index in [1.54, 1.807) is 15.7 Å². The second-order valence-electron chi connectivity index (χ2n) is 9.08. The van der Waals surface area contributed by atoms with Crippen LogP contribution in [0.1, 0.15) is 47.8 Å². The van der Waals surface area contributed by atoms with Gasteiger partial charge in [0.05, 0.1) is 25.5 Å². The molecule has 37 heavy (non-hydrogen) atoms. The molecule has 0 spiro atoms. The number of ether oxygens (including phenoxy) is 1. The molecule has 1 saturated heterocycles. The summed E-state index contributed by atoms with van der Waals surface area (Å²) in [7, 11) is 0. The molecule has 0 unspecified atom stereocenters. The van der Waals surface area contributed by atoms with Crippen molar-refractivity contribution < 1.29 is 14.3 Å². The number of aryl methyl sites for hydroxylation is 1. The second kappa shape index (κ2) is 10.6. The van der Waals surface area contributed by atoms with Gasteiger partial charge in [0.25, 0.3) is 11.5 Å². The van der Waals surface area contributed by atoms with Gasteiger partial charge in [0.1, 0.15) is 17.7 Å². The van der Waals surface area contributed by atoms with Gasteiger partial charge in [-0.15, -0.1) is 5.10 Å². The van der Waals surface area contributed by atoms with Gasteiger partial charge in [-0.25, -0.2) is 0 Å². The largest absolute Gasteiger partial charge is 0.377 e. The van der Waals surface area contributed by atoms with E-state index in [1.807, 2.05) is 37.0 Å². The lowest BCUT2D eigenvalue weighted by molar-refractivity contribution is -0.108. The number of nitrogens with zero attached hydrogens (tertiary/aromatic N) is 7. The van der Waals surface area contributed by atoms with E-state index in [1.165, 1.54) is 4.52 Å². The van der Waals surface area contributed by atoms with E-state index in [9.17, 15) is 14.4 Å². The zero-order valence-corrected chi connectivity index (χ0v) is 21.2. The normalized spacial score (nSPS) is 16.2. The predicted molar refractivity (Wildman–Crippen MR) is 138 cm³/mol. The Bertz CT molecular complexity index is 1420. The van der Waals surface area contributed by atoms with E-state index in [4.69, 9.17) is 4.74 Å². The molecule has 11 heteroatoms. The Morgan fingerprint density at radius 1 is 1.16 bits per heavy atom. The quantitative estimate of drug-likeness (QED) is 0.443. The van der Waals surface area contributed by atoms with E-state index in [0.717, 1.165) is 29.5 Å². The third-order valence-corrected chi connectivity index (χ3v) is 7.03. The van der Waals surface area contributed by atoms with E-state index in [-0.39, 0.29) is 18.0 Å². The molecule has 2 aliphatic rings. The highest BCUT2D eigenvalue weighted by Gasteiger charge is 2.29. The summed E-state index contributed by atoms with van der Waals surface area (Å²) in [6.45, 7) is 6.98. The summed E-state index contributed by atoms with van der Waals surface area (Å²) < 4.78 is 8.48. The fraction of sp³-hybridized carbons (Fsp3) is 0.462. The van der Waals surface area contributed by atoms with Crippen molar-refractivity contribution in [1.82, 2.24) is 29.0 Å². The first-order valence-electron chi connectivity index (χ1n) is 12.8. The first kappa shape index (κ1) is 24.8. The molecule has 5 rings (SSSR count). The van der Waals surface area contributed by atoms with E-state index >= 15 is 0 Å². The molecule has 0 radical (unpaired) electrons. The number of anilines is 1. The van der Waals surface area contributed by atoms with Crippen molar-refractivity contribution in [3.63, 3.8) is 0 Å². The minimum Gasteiger partial charge on any atom is -0.377 e. The summed E-state index contributed by atoms with van der Waals surface area (Å²) in [5.41, 5.74) is 3.32. The highest BCUT2D eigenvalue weighted by atomic mass is 16.5. The zero-order chi connectivity index (χ0) is 25.9.